The van der Waals surface area contributed by atoms with E-state index in [-0.39, 0.29) is 17.8 Å². The van der Waals surface area contributed by atoms with Gasteiger partial charge in [0.05, 0.1) is 6.42 Å². The van der Waals surface area contributed by atoms with Crippen LogP contribution in [0.5, 0.6) is 0 Å². The summed E-state index contributed by atoms with van der Waals surface area (Å²) in [6.07, 6.45) is 5.12. The van der Waals surface area contributed by atoms with E-state index < -0.39 is 5.97 Å². The van der Waals surface area contributed by atoms with Crippen molar-refractivity contribution in [2.24, 2.45) is 0 Å². The molecule has 0 atom stereocenters. The highest BCUT2D eigenvalue weighted by atomic mass is 35.5. The summed E-state index contributed by atoms with van der Waals surface area (Å²) in [6, 6.07) is 4.47. The smallest absolute Gasteiger partial charge is 0.305 e. The van der Waals surface area contributed by atoms with Crippen LogP contribution in [0.15, 0.2) is 18.2 Å². The zero-order valence-corrected chi connectivity index (χ0v) is 13.0. The Labute approximate surface area is 129 Å². The summed E-state index contributed by atoms with van der Waals surface area (Å²) in [4.78, 5) is 13.3. The van der Waals surface area contributed by atoms with Crippen LogP contribution in [0.1, 0.15) is 44.1 Å². The van der Waals surface area contributed by atoms with Crippen molar-refractivity contribution in [1.82, 2.24) is 4.90 Å². The van der Waals surface area contributed by atoms with E-state index in [4.69, 9.17) is 11.6 Å². The lowest BCUT2D eigenvalue weighted by Crippen LogP contribution is -2.49. The monoisotopic (exact) mass is 313 g/mol. The molecule has 0 aliphatic heterocycles. The Kier molecular flexibility index (Phi) is 5.22. The number of hydrogen-bond acceptors (Lipinski definition) is 2. The predicted octanol–water partition coefficient (Wildman–Crippen LogP) is 4.09. The molecule has 0 radical (unpaired) electrons. The van der Waals surface area contributed by atoms with E-state index in [2.05, 4.69) is 4.90 Å². The third-order valence-electron chi connectivity index (χ3n) is 4.42. The van der Waals surface area contributed by atoms with Crippen molar-refractivity contribution < 1.29 is 14.3 Å². The molecule has 116 valence electrons. The van der Waals surface area contributed by atoms with Gasteiger partial charge < -0.3 is 5.11 Å². The fourth-order valence-corrected chi connectivity index (χ4v) is 3.57. The minimum atomic E-state index is -0.777. The summed E-state index contributed by atoms with van der Waals surface area (Å²) < 4.78 is 13.4. The van der Waals surface area contributed by atoms with Gasteiger partial charge in [0.25, 0.3) is 0 Å². The van der Waals surface area contributed by atoms with Crippen LogP contribution in [0, 0.1) is 5.82 Å². The van der Waals surface area contributed by atoms with Gasteiger partial charge in [0.15, 0.2) is 0 Å². The average molecular weight is 314 g/mol. The molecule has 5 heteroatoms. The summed E-state index contributed by atoms with van der Waals surface area (Å²) in [5.41, 5.74) is 0.445. The number of rotatable bonds is 5. The van der Waals surface area contributed by atoms with Crippen LogP contribution in [0.3, 0.4) is 0 Å². The molecular formula is C16H21ClFNO2. The molecule has 0 amide bonds. The maximum absolute atomic E-state index is 13.4. The molecule has 0 spiro atoms. The molecule has 0 aromatic heterocycles. The van der Waals surface area contributed by atoms with E-state index in [0.29, 0.717) is 11.6 Å². The molecule has 2 rings (SSSR count). The van der Waals surface area contributed by atoms with Crippen molar-refractivity contribution in [1.29, 1.82) is 0 Å². The van der Waals surface area contributed by atoms with Gasteiger partial charge in [-0.3, -0.25) is 9.69 Å². The minimum absolute atomic E-state index is 0.131. The van der Waals surface area contributed by atoms with Crippen LogP contribution in [-0.4, -0.2) is 28.6 Å². The lowest BCUT2D eigenvalue weighted by molar-refractivity contribution is -0.141. The molecule has 21 heavy (non-hydrogen) atoms. The first-order valence-electron chi connectivity index (χ1n) is 7.29. The van der Waals surface area contributed by atoms with Crippen molar-refractivity contribution in [3.8, 4) is 0 Å². The Hall–Kier alpha value is -1.13. The second-order valence-electron chi connectivity index (χ2n) is 5.99. The molecule has 0 saturated heterocycles. The Morgan fingerprint density at radius 1 is 1.33 bits per heavy atom. The third-order valence-corrected chi connectivity index (χ3v) is 4.63. The highest BCUT2D eigenvalue weighted by Gasteiger charge is 2.38. The SMILES string of the molecule is CN(Cc1cc(F)cc(Cl)c1)C1(CC(=O)O)CCCCC1. The number of hydrogen-bond donors (Lipinski definition) is 1. The topological polar surface area (TPSA) is 40.5 Å². The van der Waals surface area contributed by atoms with Crippen molar-refractivity contribution >= 4 is 17.6 Å². The summed E-state index contributed by atoms with van der Waals surface area (Å²) in [6.45, 7) is 0.505. The first-order chi connectivity index (χ1) is 9.91. The number of benzene rings is 1. The number of carboxylic acid groups (broad SMARTS) is 1. The van der Waals surface area contributed by atoms with Gasteiger partial charge in [-0.25, -0.2) is 4.39 Å². The summed E-state index contributed by atoms with van der Waals surface area (Å²) >= 11 is 5.89. The number of carbonyl (C=O) groups is 1. The van der Waals surface area contributed by atoms with Gasteiger partial charge in [0.1, 0.15) is 5.82 Å². The summed E-state index contributed by atoms with van der Waals surface area (Å²) in [5.74, 6) is -1.14. The third kappa shape index (κ3) is 4.17. The quantitative estimate of drug-likeness (QED) is 0.890. The van der Waals surface area contributed by atoms with Gasteiger partial charge in [0, 0.05) is 17.1 Å². The highest BCUT2D eigenvalue weighted by Crippen LogP contribution is 2.36. The van der Waals surface area contributed by atoms with Crippen LogP contribution in [0.25, 0.3) is 0 Å². The van der Waals surface area contributed by atoms with E-state index in [9.17, 15) is 14.3 Å². The van der Waals surface area contributed by atoms with Crippen LogP contribution >= 0.6 is 11.6 Å². The lowest BCUT2D eigenvalue weighted by atomic mass is 9.78. The van der Waals surface area contributed by atoms with Crippen LogP contribution < -0.4 is 0 Å². The van der Waals surface area contributed by atoms with Crippen LogP contribution in [0.4, 0.5) is 4.39 Å². The average Bonchev–Trinajstić information content (AvgIpc) is 2.37. The first-order valence-corrected chi connectivity index (χ1v) is 7.67. The fourth-order valence-electron chi connectivity index (χ4n) is 3.33. The Balaban J connectivity index is 2.17. The normalized spacial score (nSPS) is 17.9. The number of aliphatic carboxylic acids is 1. The molecular weight excluding hydrogens is 293 g/mol. The van der Waals surface area contributed by atoms with Gasteiger partial charge in [-0.2, -0.15) is 0 Å². The molecule has 1 aromatic carbocycles. The molecule has 1 saturated carbocycles. The Morgan fingerprint density at radius 3 is 2.57 bits per heavy atom. The number of carboxylic acids is 1. The maximum atomic E-state index is 13.4. The fraction of sp³-hybridized carbons (Fsp3) is 0.562. The molecule has 1 aliphatic rings. The number of halogens is 2. The van der Waals surface area contributed by atoms with Crippen molar-refractivity contribution in [3.63, 3.8) is 0 Å². The molecule has 1 N–H and O–H groups in total. The van der Waals surface area contributed by atoms with E-state index in [1.165, 1.54) is 12.1 Å². The highest BCUT2D eigenvalue weighted by molar-refractivity contribution is 6.30. The first kappa shape index (κ1) is 16.2. The molecule has 0 heterocycles. The van der Waals surface area contributed by atoms with Crippen molar-refractivity contribution in [2.75, 3.05) is 7.05 Å². The maximum Gasteiger partial charge on any atom is 0.305 e. The van der Waals surface area contributed by atoms with E-state index in [1.807, 2.05) is 7.05 Å². The molecule has 3 nitrogen and oxygen atoms in total. The van der Waals surface area contributed by atoms with E-state index >= 15 is 0 Å². The van der Waals surface area contributed by atoms with E-state index in [1.54, 1.807) is 6.07 Å². The Bertz CT molecular complexity index is 495. The van der Waals surface area contributed by atoms with Crippen LogP contribution in [0.2, 0.25) is 5.02 Å². The Morgan fingerprint density at radius 2 is 2.00 bits per heavy atom. The molecule has 1 fully saturated rings. The molecule has 1 aliphatic carbocycles. The minimum Gasteiger partial charge on any atom is -0.481 e. The van der Waals surface area contributed by atoms with Gasteiger partial charge in [0.2, 0.25) is 0 Å². The van der Waals surface area contributed by atoms with Crippen LogP contribution in [-0.2, 0) is 11.3 Å². The molecule has 1 aromatic rings. The zero-order chi connectivity index (χ0) is 15.5. The van der Waals surface area contributed by atoms with Crippen molar-refractivity contribution in [2.45, 2.75) is 50.6 Å². The molecule has 0 bridgehead atoms. The van der Waals surface area contributed by atoms with Gasteiger partial charge in [-0.15, -0.1) is 0 Å². The second kappa shape index (κ2) is 6.75. The molecule has 0 unspecified atom stereocenters. The number of nitrogens with zero attached hydrogens (tertiary/aromatic N) is 1. The predicted molar refractivity (Wildman–Crippen MR) is 80.9 cm³/mol. The standard InChI is InChI=1S/C16H21ClFNO2/c1-19(11-12-7-13(17)9-14(18)8-12)16(10-15(20)21)5-3-2-4-6-16/h7-9H,2-6,10-11H2,1H3,(H,20,21). The van der Waals surface area contributed by atoms with Gasteiger partial charge in [-0.05, 0) is 43.7 Å². The summed E-state index contributed by atoms with van der Waals surface area (Å²) in [7, 11) is 1.92. The second-order valence-corrected chi connectivity index (χ2v) is 6.43. The van der Waals surface area contributed by atoms with Gasteiger partial charge >= 0.3 is 5.97 Å². The summed E-state index contributed by atoms with van der Waals surface area (Å²) in [5, 5.41) is 9.60. The van der Waals surface area contributed by atoms with E-state index in [0.717, 1.165) is 37.7 Å². The lowest BCUT2D eigenvalue weighted by Gasteiger charge is -2.44. The largest absolute Gasteiger partial charge is 0.481 e. The zero-order valence-electron chi connectivity index (χ0n) is 12.2. The van der Waals surface area contributed by atoms with Crippen molar-refractivity contribution in [3.05, 3.63) is 34.6 Å². The van der Waals surface area contributed by atoms with Gasteiger partial charge in [-0.1, -0.05) is 30.9 Å².